The van der Waals surface area contributed by atoms with Gasteiger partial charge in [-0.2, -0.15) is 0 Å². The van der Waals surface area contributed by atoms with Crippen LogP contribution in [0.4, 0.5) is 8.78 Å². The molecule has 0 saturated carbocycles. The summed E-state index contributed by atoms with van der Waals surface area (Å²) in [5, 5.41) is 12.3. The Morgan fingerprint density at radius 2 is 1.77 bits per heavy atom. The van der Waals surface area contributed by atoms with E-state index in [4.69, 9.17) is 0 Å². The zero-order valence-corrected chi connectivity index (χ0v) is 21.0. The number of hydrogen-bond acceptors (Lipinski definition) is 5. The van der Waals surface area contributed by atoms with Gasteiger partial charge in [-0.1, -0.05) is 19.9 Å². The highest BCUT2D eigenvalue weighted by atomic mass is 32.2. The predicted molar refractivity (Wildman–Crippen MR) is 132 cm³/mol. The number of aromatic nitrogens is 2. The summed E-state index contributed by atoms with van der Waals surface area (Å²) < 4.78 is 53.9. The lowest BCUT2D eigenvalue weighted by molar-refractivity contribution is -0.122. The summed E-state index contributed by atoms with van der Waals surface area (Å²) in [5.41, 5.74) is 0.977. The van der Waals surface area contributed by atoms with E-state index >= 15 is 4.39 Å². The summed E-state index contributed by atoms with van der Waals surface area (Å²) >= 11 is 0. The predicted octanol–water partition coefficient (Wildman–Crippen LogP) is 4.17. The monoisotopic (exact) mass is 503 g/mol. The molecule has 0 amide bonds. The number of rotatable bonds is 3. The number of nitrogens with one attached hydrogen (secondary N) is 1. The molecule has 2 N–H and O–H groups in total. The molecular weight excluding hydrogens is 472 g/mol. The van der Waals surface area contributed by atoms with Gasteiger partial charge in [-0.3, -0.25) is 4.90 Å². The van der Waals surface area contributed by atoms with Crippen LogP contribution in [0.1, 0.15) is 37.8 Å². The maximum absolute atomic E-state index is 15.8. The molecule has 9 heteroatoms. The van der Waals surface area contributed by atoms with Gasteiger partial charge in [0, 0.05) is 48.9 Å². The van der Waals surface area contributed by atoms with Crippen LogP contribution >= 0.6 is 0 Å². The largest absolute Gasteiger partial charge is 0.384 e. The molecule has 1 aromatic carbocycles. The van der Waals surface area contributed by atoms with Crippen LogP contribution in [-0.2, 0) is 15.4 Å². The van der Waals surface area contributed by atoms with Gasteiger partial charge in [-0.25, -0.2) is 22.2 Å². The fraction of sp³-hybridized carbons (Fsp3) is 0.500. The number of pyridine rings is 1. The second kappa shape index (κ2) is 8.64. The Morgan fingerprint density at radius 3 is 2.40 bits per heavy atom. The molecule has 6 nitrogen and oxygen atoms in total. The van der Waals surface area contributed by atoms with Gasteiger partial charge in [-0.15, -0.1) is 0 Å². The van der Waals surface area contributed by atoms with Crippen molar-refractivity contribution in [1.29, 1.82) is 0 Å². The smallest absolute Gasteiger partial charge is 0.150 e. The molecule has 2 aliphatic heterocycles. The van der Waals surface area contributed by atoms with Gasteiger partial charge in [0.1, 0.15) is 26.9 Å². The van der Waals surface area contributed by atoms with Crippen LogP contribution in [0.25, 0.3) is 22.2 Å². The summed E-state index contributed by atoms with van der Waals surface area (Å²) in [5.74, 6) is -1.11. The summed E-state index contributed by atoms with van der Waals surface area (Å²) in [7, 11) is -2.95. The number of aryl methyl sites for hydroxylation is 1. The first kappa shape index (κ1) is 24.3. The molecule has 0 aliphatic carbocycles. The van der Waals surface area contributed by atoms with Crippen LogP contribution in [0, 0.1) is 30.4 Å². The molecule has 2 fully saturated rings. The van der Waals surface area contributed by atoms with Gasteiger partial charge < -0.3 is 10.1 Å². The molecule has 2 saturated heterocycles. The van der Waals surface area contributed by atoms with Gasteiger partial charge in [0.2, 0.25) is 0 Å². The van der Waals surface area contributed by atoms with Crippen molar-refractivity contribution in [2.45, 2.75) is 45.3 Å². The normalized spacial score (nSPS) is 27.9. The summed E-state index contributed by atoms with van der Waals surface area (Å²) in [6.07, 6.45) is 3.98. The Bertz CT molecular complexity index is 1340. The van der Waals surface area contributed by atoms with E-state index in [1.165, 1.54) is 12.3 Å². The number of H-pyrrole nitrogens is 1. The van der Waals surface area contributed by atoms with Gasteiger partial charge in [0.25, 0.3) is 0 Å². The van der Waals surface area contributed by atoms with Crippen LogP contribution in [0.3, 0.4) is 0 Å². The quantitative estimate of drug-likeness (QED) is 0.560. The Hall–Kier alpha value is -2.36. The summed E-state index contributed by atoms with van der Waals surface area (Å²) in [6.45, 7) is 6.76. The maximum atomic E-state index is 15.8. The number of nitrogens with zero attached hydrogens (tertiary/aromatic N) is 2. The van der Waals surface area contributed by atoms with Gasteiger partial charge in [0.05, 0.1) is 16.9 Å². The van der Waals surface area contributed by atoms with E-state index in [0.29, 0.717) is 53.7 Å². The maximum Gasteiger partial charge on any atom is 0.150 e. The summed E-state index contributed by atoms with van der Waals surface area (Å²) in [6, 6.07) is 5.00. The molecule has 0 radical (unpaired) electrons. The van der Waals surface area contributed by atoms with Crippen molar-refractivity contribution in [3.8, 4) is 11.1 Å². The minimum Gasteiger partial charge on any atom is -0.384 e. The van der Waals surface area contributed by atoms with Crippen molar-refractivity contribution in [1.82, 2.24) is 14.9 Å². The second-order valence-electron chi connectivity index (χ2n) is 10.3. The van der Waals surface area contributed by atoms with E-state index in [2.05, 4.69) is 14.9 Å². The minimum atomic E-state index is -2.95. The van der Waals surface area contributed by atoms with Gasteiger partial charge in [-0.05, 0) is 48.6 Å². The third-order valence-electron chi connectivity index (χ3n) is 8.08. The molecule has 0 spiro atoms. The first-order valence-electron chi connectivity index (χ1n) is 12.1. The highest BCUT2D eigenvalue weighted by Crippen LogP contribution is 2.45. The van der Waals surface area contributed by atoms with Crippen LogP contribution in [0.2, 0.25) is 0 Å². The molecule has 2 aromatic heterocycles. The number of halogens is 2. The first-order chi connectivity index (χ1) is 16.5. The fourth-order valence-electron chi connectivity index (χ4n) is 6.24. The fourth-order valence-corrected chi connectivity index (χ4v) is 7.71. The van der Waals surface area contributed by atoms with Gasteiger partial charge >= 0.3 is 0 Å². The molecule has 4 heterocycles. The highest BCUT2D eigenvalue weighted by Gasteiger charge is 2.49. The first-order valence-corrected chi connectivity index (χ1v) is 13.9. The average molecular weight is 504 g/mol. The van der Waals surface area contributed by atoms with Crippen molar-refractivity contribution >= 4 is 20.9 Å². The average Bonchev–Trinajstić information content (AvgIpc) is 3.18. The van der Waals surface area contributed by atoms with Crippen molar-refractivity contribution in [3.05, 3.63) is 53.4 Å². The molecule has 2 aliphatic rings. The molecule has 188 valence electrons. The second-order valence-corrected chi connectivity index (χ2v) is 12.6. The van der Waals surface area contributed by atoms with Crippen LogP contribution in [0.5, 0.6) is 0 Å². The Balaban J connectivity index is 1.47. The number of sulfone groups is 1. The number of benzene rings is 1. The Kier molecular flexibility index (Phi) is 6.01. The molecular formula is C26H31F2N3O3S. The van der Waals surface area contributed by atoms with Crippen molar-refractivity contribution < 1.29 is 22.3 Å². The zero-order valence-electron chi connectivity index (χ0n) is 20.2. The highest BCUT2D eigenvalue weighted by molar-refractivity contribution is 7.91. The molecule has 3 aromatic rings. The Morgan fingerprint density at radius 1 is 1.11 bits per heavy atom. The van der Waals surface area contributed by atoms with E-state index in [0.717, 1.165) is 0 Å². The van der Waals surface area contributed by atoms with Crippen molar-refractivity contribution in [2.75, 3.05) is 24.6 Å². The number of fused-ring (bicyclic) bond motifs is 1. The standard InChI is InChI=1S/C26H31F2N3O3S/c1-15-10-18(20-4-7-29-25-23(20)22(28)12-30-25)11-21(27)24(15)26(32)16(2)13-31(14-17(26)3)19-5-8-35(33,34)9-6-19/h4,7,10-12,16-17,19,32H,5-6,8-9,13-14H2,1-3H3,(H,29,30)/t16-,17+,26?. The SMILES string of the molecule is Cc1cc(-c2ccnc3[nH]cc(F)c23)cc(F)c1C1(O)[C@H](C)CN(C2CCS(=O)(=O)CC2)C[C@@H]1C. The summed E-state index contributed by atoms with van der Waals surface area (Å²) in [4.78, 5) is 9.19. The van der Waals surface area contributed by atoms with E-state index in [9.17, 15) is 17.9 Å². The number of likely N-dealkylation sites (tertiary alicyclic amines) is 1. The van der Waals surface area contributed by atoms with Crippen molar-refractivity contribution in [2.24, 2.45) is 11.8 Å². The van der Waals surface area contributed by atoms with Gasteiger partial charge in [0.15, 0.2) is 5.82 Å². The number of aliphatic hydroxyl groups is 1. The van der Waals surface area contributed by atoms with E-state index in [1.807, 2.05) is 13.8 Å². The lowest BCUT2D eigenvalue weighted by Crippen LogP contribution is -2.58. The lowest BCUT2D eigenvalue weighted by atomic mass is 9.68. The molecule has 35 heavy (non-hydrogen) atoms. The number of hydrogen-bond donors (Lipinski definition) is 2. The van der Waals surface area contributed by atoms with E-state index < -0.39 is 27.1 Å². The topological polar surface area (TPSA) is 86.3 Å². The zero-order chi connectivity index (χ0) is 25.1. The van der Waals surface area contributed by atoms with Crippen LogP contribution < -0.4 is 0 Å². The molecule has 0 bridgehead atoms. The molecule has 3 atom stereocenters. The molecule has 1 unspecified atom stereocenters. The molecule has 5 rings (SSSR count). The van der Waals surface area contributed by atoms with E-state index in [1.54, 1.807) is 25.3 Å². The van der Waals surface area contributed by atoms with Crippen LogP contribution in [0.15, 0.2) is 30.6 Å². The van der Waals surface area contributed by atoms with E-state index in [-0.39, 0.29) is 34.9 Å². The number of aromatic amines is 1. The Labute approximate surface area is 204 Å². The third kappa shape index (κ3) is 4.07. The third-order valence-corrected chi connectivity index (χ3v) is 9.80. The van der Waals surface area contributed by atoms with Crippen LogP contribution in [-0.4, -0.2) is 59.0 Å². The lowest BCUT2D eigenvalue weighted by Gasteiger charge is -2.51. The van der Waals surface area contributed by atoms with Crippen molar-refractivity contribution in [3.63, 3.8) is 0 Å². The number of piperidine rings is 1. The minimum absolute atomic E-state index is 0.159.